The van der Waals surface area contributed by atoms with Crippen molar-refractivity contribution in [1.82, 2.24) is 0 Å². The monoisotopic (exact) mass is 250 g/mol. The van der Waals surface area contributed by atoms with Crippen LogP contribution in [0.3, 0.4) is 0 Å². The number of hydrogen-bond acceptors (Lipinski definition) is 3. The normalized spacial score (nSPS) is 18.5. The maximum absolute atomic E-state index is 11.9. The molecule has 0 fully saturated rings. The van der Waals surface area contributed by atoms with Gasteiger partial charge in [0.1, 0.15) is 0 Å². The Balaban J connectivity index is 2.21. The molecule has 0 unspecified atom stereocenters. The summed E-state index contributed by atoms with van der Waals surface area (Å²) in [6, 6.07) is 17.7. The number of carbonyl (C=O) groups excluding carboxylic acids is 1. The first-order valence-corrected chi connectivity index (χ1v) is 6.25. The summed E-state index contributed by atoms with van der Waals surface area (Å²) < 4.78 is 0. The Morgan fingerprint density at radius 2 is 1.68 bits per heavy atom. The number of ketones is 1. The molecule has 3 heteroatoms. The molecule has 1 aliphatic rings. The number of rotatable bonds is 1. The minimum absolute atomic E-state index is 0.0432. The van der Waals surface area contributed by atoms with E-state index in [0.717, 1.165) is 22.4 Å². The molecule has 2 aromatic rings. The molecule has 3 rings (SSSR count). The van der Waals surface area contributed by atoms with Crippen LogP contribution in [0.4, 0.5) is 0 Å². The molecule has 0 bridgehead atoms. The van der Waals surface area contributed by atoms with E-state index in [9.17, 15) is 4.79 Å². The summed E-state index contributed by atoms with van der Waals surface area (Å²) in [5, 5.41) is 0. The molecule has 0 spiro atoms. The van der Waals surface area contributed by atoms with Crippen molar-refractivity contribution in [1.29, 1.82) is 0 Å². The molecule has 0 aromatic heterocycles. The van der Waals surface area contributed by atoms with Gasteiger partial charge >= 0.3 is 0 Å². The highest BCUT2D eigenvalue weighted by atomic mass is 16.1. The zero-order valence-corrected chi connectivity index (χ0v) is 10.4. The zero-order chi connectivity index (χ0) is 13.2. The molecule has 1 atom stereocenters. The lowest BCUT2D eigenvalue weighted by atomic mass is 9.96. The van der Waals surface area contributed by atoms with Crippen molar-refractivity contribution < 1.29 is 4.79 Å². The van der Waals surface area contributed by atoms with Crippen molar-refractivity contribution in [3.63, 3.8) is 0 Å². The highest BCUT2D eigenvalue weighted by Crippen LogP contribution is 2.20. The third-order valence-electron chi connectivity index (χ3n) is 3.28. The highest BCUT2D eigenvalue weighted by Gasteiger charge is 2.22. The Hall–Kier alpha value is -2.26. The molecule has 2 N–H and O–H groups in total. The third-order valence-corrected chi connectivity index (χ3v) is 3.28. The lowest BCUT2D eigenvalue weighted by Crippen LogP contribution is -2.29. The van der Waals surface area contributed by atoms with E-state index in [-0.39, 0.29) is 5.78 Å². The second kappa shape index (κ2) is 4.78. The van der Waals surface area contributed by atoms with Crippen LogP contribution in [0.5, 0.6) is 0 Å². The minimum atomic E-state index is -0.775. The number of benzene rings is 2. The van der Waals surface area contributed by atoms with Crippen LogP contribution in [0.2, 0.25) is 0 Å². The Labute approximate surface area is 111 Å². The standard InChI is InChI=1S/C16H14N2O/c17-16-14(19)10-12-8-4-5-9-13(12)15(18-16)11-6-2-1-3-7-11/h1-9,16H,10,17H2/t16-/m1/s1. The van der Waals surface area contributed by atoms with Crippen molar-refractivity contribution in [2.75, 3.05) is 0 Å². The molecule has 0 radical (unpaired) electrons. The zero-order valence-electron chi connectivity index (χ0n) is 10.4. The quantitative estimate of drug-likeness (QED) is 0.840. The van der Waals surface area contributed by atoms with Gasteiger partial charge in [0.25, 0.3) is 0 Å². The van der Waals surface area contributed by atoms with Gasteiger partial charge in [-0.2, -0.15) is 0 Å². The third kappa shape index (κ3) is 2.20. The second-order valence-corrected chi connectivity index (χ2v) is 4.59. The predicted molar refractivity (Wildman–Crippen MR) is 75.2 cm³/mol. The van der Waals surface area contributed by atoms with Gasteiger partial charge in [-0.05, 0) is 5.56 Å². The molecule has 19 heavy (non-hydrogen) atoms. The van der Waals surface area contributed by atoms with Gasteiger partial charge in [-0.3, -0.25) is 9.79 Å². The van der Waals surface area contributed by atoms with Crippen LogP contribution in [0.25, 0.3) is 0 Å². The van der Waals surface area contributed by atoms with E-state index in [0.29, 0.717) is 6.42 Å². The van der Waals surface area contributed by atoms with E-state index < -0.39 is 6.17 Å². The summed E-state index contributed by atoms with van der Waals surface area (Å²) >= 11 is 0. The van der Waals surface area contributed by atoms with Crippen molar-refractivity contribution in [3.05, 3.63) is 71.3 Å². The van der Waals surface area contributed by atoms with Crippen LogP contribution in [0.1, 0.15) is 16.7 Å². The first-order chi connectivity index (χ1) is 9.25. The first kappa shape index (κ1) is 11.8. The van der Waals surface area contributed by atoms with E-state index in [1.165, 1.54) is 0 Å². The first-order valence-electron chi connectivity index (χ1n) is 6.25. The fourth-order valence-electron chi connectivity index (χ4n) is 2.30. The van der Waals surface area contributed by atoms with Gasteiger partial charge in [-0.25, -0.2) is 0 Å². The number of fused-ring (bicyclic) bond motifs is 1. The molecule has 0 aliphatic carbocycles. The fourth-order valence-corrected chi connectivity index (χ4v) is 2.30. The summed E-state index contributed by atoms with van der Waals surface area (Å²) in [6.07, 6.45) is -0.431. The number of hydrogen-bond donors (Lipinski definition) is 1. The molecule has 3 nitrogen and oxygen atoms in total. The van der Waals surface area contributed by atoms with Gasteiger partial charge in [0, 0.05) is 17.5 Å². The van der Waals surface area contributed by atoms with Crippen LogP contribution in [0, 0.1) is 0 Å². The Morgan fingerprint density at radius 1 is 1.00 bits per heavy atom. The summed E-state index contributed by atoms with van der Waals surface area (Å²) in [5.74, 6) is -0.0432. The maximum Gasteiger partial charge on any atom is 0.175 e. The van der Waals surface area contributed by atoms with Crippen molar-refractivity contribution >= 4 is 11.5 Å². The lowest BCUT2D eigenvalue weighted by Gasteiger charge is -2.09. The minimum Gasteiger partial charge on any atom is -0.303 e. The topological polar surface area (TPSA) is 55.4 Å². The van der Waals surface area contributed by atoms with Gasteiger partial charge in [-0.15, -0.1) is 0 Å². The average Bonchev–Trinajstić information content (AvgIpc) is 2.58. The van der Waals surface area contributed by atoms with Crippen molar-refractivity contribution in [3.8, 4) is 0 Å². The van der Waals surface area contributed by atoms with Gasteiger partial charge in [0.2, 0.25) is 0 Å². The Kier molecular flexibility index (Phi) is 2.97. The van der Waals surface area contributed by atoms with Crippen molar-refractivity contribution in [2.24, 2.45) is 10.7 Å². The molecule has 0 amide bonds. The van der Waals surface area contributed by atoms with E-state index >= 15 is 0 Å². The van der Waals surface area contributed by atoms with Crippen LogP contribution in [-0.2, 0) is 11.2 Å². The number of aliphatic imine (C=N–C) groups is 1. The van der Waals surface area contributed by atoms with Crippen LogP contribution >= 0.6 is 0 Å². The maximum atomic E-state index is 11.9. The number of Topliss-reactive ketones (excluding diaryl/α,β-unsaturated/α-hetero) is 1. The fraction of sp³-hybridized carbons (Fsp3) is 0.125. The largest absolute Gasteiger partial charge is 0.303 e. The molecular weight excluding hydrogens is 236 g/mol. The molecule has 0 saturated carbocycles. The number of nitrogens with zero attached hydrogens (tertiary/aromatic N) is 1. The summed E-state index contributed by atoms with van der Waals surface area (Å²) in [4.78, 5) is 16.3. The number of carbonyl (C=O) groups is 1. The SMILES string of the molecule is N[C@@H]1N=C(c2ccccc2)c2ccccc2CC1=O. The van der Waals surface area contributed by atoms with E-state index in [2.05, 4.69) is 4.99 Å². The lowest BCUT2D eigenvalue weighted by molar-refractivity contribution is -0.119. The van der Waals surface area contributed by atoms with Crippen LogP contribution in [-0.4, -0.2) is 17.7 Å². The molecule has 2 aromatic carbocycles. The number of nitrogens with two attached hydrogens (primary N) is 1. The van der Waals surface area contributed by atoms with Crippen molar-refractivity contribution in [2.45, 2.75) is 12.6 Å². The smallest absolute Gasteiger partial charge is 0.175 e. The molecule has 1 aliphatic heterocycles. The van der Waals surface area contributed by atoms with Gasteiger partial charge in [0.15, 0.2) is 11.9 Å². The Bertz CT molecular complexity index is 647. The van der Waals surface area contributed by atoms with Crippen LogP contribution in [0.15, 0.2) is 59.6 Å². The predicted octanol–water partition coefficient (Wildman–Crippen LogP) is 1.93. The summed E-state index contributed by atoms with van der Waals surface area (Å²) in [6.45, 7) is 0. The van der Waals surface area contributed by atoms with Gasteiger partial charge < -0.3 is 5.73 Å². The van der Waals surface area contributed by atoms with E-state index in [1.54, 1.807) is 0 Å². The molecule has 94 valence electrons. The molecular formula is C16H14N2O. The van der Waals surface area contributed by atoms with Gasteiger partial charge in [0.05, 0.1) is 5.71 Å². The van der Waals surface area contributed by atoms with E-state index in [1.807, 2.05) is 54.6 Å². The average molecular weight is 250 g/mol. The second-order valence-electron chi connectivity index (χ2n) is 4.59. The summed E-state index contributed by atoms with van der Waals surface area (Å²) in [5.41, 5.74) is 9.62. The summed E-state index contributed by atoms with van der Waals surface area (Å²) in [7, 11) is 0. The van der Waals surface area contributed by atoms with Crippen LogP contribution < -0.4 is 5.73 Å². The van der Waals surface area contributed by atoms with Gasteiger partial charge in [-0.1, -0.05) is 54.6 Å². The Morgan fingerprint density at radius 3 is 2.47 bits per heavy atom. The molecule has 0 saturated heterocycles. The molecule has 1 heterocycles. The highest BCUT2D eigenvalue weighted by molar-refractivity contribution is 6.15. The van der Waals surface area contributed by atoms with E-state index in [4.69, 9.17) is 5.73 Å².